The predicted octanol–water partition coefficient (Wildman–Crippen LogP) is 1.000. The Morgan fingerprint density at radius 2 is 1.67 bits per heavy atom. The van der Waals surface area contributed by atoms with E-state index in [1.807, 2.05) is 0 Å². The molecule has 0 aliphatic heterocycles. The van der Waals surface area contributed by atoms with Gasteiger partial charge < -0.3 is 20.1 Å². The highest BCUT2D eigenvalue weighted by Gasteiger charge is 2.28. The van der Waals surface area contributed by atoms with Crippen molar-refractivity contribution < 1.29 is 34.4 Å². The zero-order chi connectivity index (χ0) is 14.0. The van der Waals surface area contributed by atoms with Crippen LogP contribution in [-0.4, -0.2) is 40.2 Å². The minimum absolute atomic E-state index is 0.447. The topological polar surface area (TPSA) is 121 Å². The molecule has 7 nitrogen and oxygen atoms in total. The lowest BCUT2D eigenvalue weighted by atomic mass is 9.96. The van der Waals surface area contributed by atoms with E-state index in [9.17, 15) is 19.5 Å². The maximum atomic E-state index is 11.4. The fourth-order valence-corrected chi connectivity index (χ4v) is 1.60. The number of hydrogen-bond donors (Lipinski definition) is 3. The third kappa shape index (κ3) is 2.10. The Balaban J connectivity index is 3.86. The van der Waals surface area contributed by atoms with Crippen LogP contribution in [0.3, 0.4) is 0 Å². The van der Waals surface area contributed by atoms with Crippen molar-refractivity contribution in [2.24, 2.45) is 0 Å². The van der Waals surface area contributed by atoms with Crippen molar-refractivity contribution >= 4 is 17.7 Å². The quantitative estimate of drug-likeness (QED) is 0.685. The standard InChI is InChI=1S/C11H10O7/c1-4(12)7-5(10(14)15)3-6(13)9(18-2)8(7)11(16)17/h3,13H,1-2H3,(H,14,15)(H,16,17). The molecule has 0 radical (unpaired) electrons. The molecule has 0 saturated carbocycles. The van der Waals surface area contributed by atoms with Gasteiger partial charge in [0.15, 0.2) is 17.3 Å². The SMILES string of the molecule is COc1c(O)cc(C(=O)O)c(C(C)=O)c1C(=O)O. The number of methoxy groups -OCH3 is 1. The van der Waals surface area contributed by atoms with Crippen molar-refractivity contribution in [3.05, 3.63) is 22.8 Å². The predicted molar refractivity (Wildman–Crippen MR) is 58.6 cm³/mol. The van der Waals surface area contributed by atoms with Crippen LogP contribution >= 0.6 is 0 Å². The number of ketones is 1. The first-order chi connectivity index (χ1) is 8.31. The molecule has 7 heteroatoms. The molecular weight excluding hydrogens is 244 g/mol. The minimum Gasteiger partial charge on any atom is -0.504 e. The highest BCUT2D eigenvalue weighted by Crippen LogP contribution is 2.35. The first-order valence-corrected chi connectivity index (χ1v) is 4.72. The van der Waals surface area contributed by atoms with Crippen molar-refractivity contribution in [1.29, 1.82) is 0 Å². The lowest BCUT2D eigenvalue weighted by molar-refractivity contribution is 0.0684. The lowest BCUT2D eigenvalue weighted by Gasteiger charge is -2.13. The average molecular weight is 254 g/mol. The maximum Gasteiger partial charge on any atom is 0.340 e. The molecular formula is C11H10O7. The summed E-state index contributed by atoms with van der Waals surface area (Å²) in [5.41, 5.74) is -1.76. The Labute approximate surface area is 101 Å². The highest BCUT2D eigenvalue weighted by atomic mass is 16.5. The smallest absolute Gasteiger partial charge is 0.340 e. The molecule has 18 heavy (non-hydrogen) atoms. The summed E-state index contributed by atoms with van der Waals surface area (Å²) < 4.78 is 4.69. The van der Waals surface area contributed by atoms with Gasteiger partial charge in [0.25, 0.3) is 0 Å². The van der Waals surface area contributed by atoms with E-state index in [-0.39, 0.29) is 0 Å². The van der Waals surface area contributed by atoms with Gasteiger partial charge in [-0.2, -0.15) is 0 Å². The molecule has 0 atom stereocenters. The molecule has 0 bridgehead atoms. The van der Waals surface area contributed by atoms with Crippen LogP contribution in [0.1, 0.15) is 38.0 Å². The van der Waals surface area contributed by atoms with Crippen LogP contribution in [0.5, 0.6) is 11.5 Å². The van der Waals surface area contributed by atoms with Gasteiger partial charge in [0, 0.05) is 0 Å². The number of carbonyl (C=O) groups excluding carboxylic acids is 1. The van der Waals surface area contributed by atoms with Gasteiger partial charge in [-0.1, -0.05) is 0 Å². The summed E-state index contributed by atoms with van der Waals surface area (Å²) in [4.78, 5) is 33.5. The zero-order valence-electron chi connectivity index (χ0n) is 9.55. The molecule has 1 aromatic carbocycles. The summed E-state index contributed by atoms with van der Waals surface area (Å²) in [6.07, 6.45) is 0. The van der Waals surface area contributed by atoms with Crippen molar-refractivity contribution in [3.63, 3.8) is 0 Å². The van der Waals surface area contributed by atoms with Gasteiger partial charge in [0.1, 0.15) is 5.56 Å². The number of phenols is 1. The Kier molecular flexibility index (Phi) is 3.55. The molecule has 3 N–H and O–H groups in total. The van der Waals surface area contributed by atoms with E-state index >= 15 is 0 Å². The van der Waals surface area contributed by atoms with Crippen molar-refractivity contribution in [2.75, 3.05) is 7.11 Å². The van der Waals surface area contributed by atoms with E-state index in [4.69, 9.17) is 10.2 Å². The third-order valence-electron chi connectivity index (χ3n) is 2.26. The first kappa shape index (κ1) is 13.5. The number of phenolic OH excluding ortho intramolecular Hbond substituents is 1. The fourth-order valence-electron chi connectivity index (χ4n) is 1.60. The number of Topliss-reactive ketones (excluding diaryl/α,β-unsaturated/α-hetero) is 1. The van der Waals surface area contributed by atoms with E-state index in [0.717, 1.165) is 20.1 Å². The lowest BCUT2D eigenvalue weighted by Crippen LogP contribution is -2.15. The second-order valence-corrected chi connectivity index (χ2v) is 3.39. The van der Waals surface area contributed by atoms with E-state index in [0.29, 0.717) is 0 Å². The van der Waals surface area contributed by atoms with Gasteiger partial charge in [0.2, 0.25) is 0 Å². The summed E-state index contributed by atoms with van der Waals surface area (Å²) in [6.45, 7) is 1.03. The molecule has 0 unspecified atom stereocenters. The van der Waals surface area contributed by atoms with Crippen LogP contribution in [0.2, 0.25) is 0 Å². The van der Waals surface area contributed by atoms with E-state index < -0.39 is 45.9 Å². The number of aromatic carboxylic acids is 2. The number of carboxylic acids is 2. The monoisotopic (exact) mass is 254 g/mol. The van der Waals surface area contributed by atoms with E-state index in [1.165, 1.54) is 0 Å². The van der Waals surface area contributed by atoms with Gasteiger partial charge in [-0.05, 0) is 13.0 Å². The zero-order valence-corrected chi connectivity index (χ0v) is 9.55. The number of rotatable bonds is 4. The summed E-state index contributed by atoms with van der Waals surface area (Å²) in [7, 11) is 1.10. The first-order valence-electron chi connectivity index (χ1n) is 4.72. The molecule has 0 aliphatic rings. The summed E-state index contributed by atoms with van der Waals surface area (Å²) in [6, 6.07) is 0.782. The summed E-state index contributed by atoms with van der Waals surface area (Å²) in [5, 5.41) is 27.4. The molecule has 0 spiro atoms. The van der Waals surface area contributed by atoms with E-state index in [2.05, 4.69) is 4.74 Å². The van der Waals surface area contributed by atoms with Crippen LogP contribution in [0.15, 0.2) is 6.07 Å². The second-order valence-electron chi connectivity index (χ2n) is 3.39. The molecule has 0 saturated heterocycles. The van der Waals surface area contributed by atoms with Gasteiger partial charge >= 0.3 is 11.9 Å². The number of benzene rings is 1. The normalized spacial score (nSPS) is 9.89. The summed E-state index contributed by atoms with van der Waals surface area (Å²) in [5.74, 6) is -4.92. The molecule has 96 valence electrons. The Morgan fingerprint density at radius 1 is 1.11 bits per heavy atom. The van der Waals surface area contributed by atoms with Gasteiger partial charge in [0.05, 0.1) is 18.2 Å². The van der Waals surface area contributed by atoms with Crippen LogP contribution in [0.25, 0.3) is 0 Å². The second kappa shape index (κ2) is 4.74. The summed E-state index contributed by atoms with van der Waals surface area (Å²) >= 11 is 0. The molecule has 0 fully saturated rings. The number of carboxylic acid groups (broad SMARTS) is 2. The molecule has 0 aliphatic carbocycles. The largest absolute Gasteiger partial charge is 0.504 e. The number of hydrogen-bond acceptors (Lipinski definition) is 5. The van der Waals surface area contributed by atoms with Gasteiger partial charge in [-0.3, -0.25) is 4.79 Å². The highest BCUT2D eigenvalue weighted by molar-refractivity contribution is 6.13. The van der Waals surface area contributed by atoms with Crippen LogP contribution in [0.4, 0.5) is 0 Å². The molecule has 0 heterocycles. The van der Waals surface area contributed by atoms with Gasteiger partial charge in [-0.15, -0.1) is 0 Å². The average Bonchev–Trinajstić information content (AvgIpc) is 2.26. The van der Waals surface area contributed by atoms with Crippen molar-refractivity contribution in [2.45, 2.75) is 6.92 Å². The molecule has 1 rings (SSSR count). The minimum atomic E-state index is -1.56. The van der Waals surface area contributed by atoms with Crippen molar-refractivity contribution in [1.82, 2.24) is 0 Å². The number of aromatic hydroxyl groups is 1. The van der Waals surface area contributed by atoms with Crippen LogP contribution in [-0.2, 0) is 0 Å². The molecule has 0 amide bonds. The van der Waals surface area contributed by atoms with Crippen molar-refractivity contribution in [3.8, 4) is 11.5 Å². The van der Waals surface area contributed by atoms with Gasteiger partial charge in [-0.25, -0.2) is 9.59 Å². The maximum absolute atomic E-state index is 11.4. The van der Waals surface area contributed by atoms with Crippen LogP contribution in [0, 0.1) is 0 Å². The molecule has 1 aromatic rings. The Morgan fingerprint density at radius 3 is 2.00 bits per heavy atom. The van der Waals surface area contributed by atoms with E-state index in [1.54, 1.807) is 0 Å². The van der Waals surface area contributed by atoms with Crippen LogP contribution < -0.4 is 4.74 Å². The number of ether oxygens (including phenoxy) is 1. The fraction of sp³-hybridized carbons (Fsp3) is 0.182. The third-order valence-corrected chi connectivity index (χ3v) is 2.26. The molecule has 0 aromatic heterocycles. The Hall–Kier alpha value is -2.57. The Bertz CT molecular complexity index is 545. The number of carbonyl (C=O) groups is 3.